The highest BCUT2D eigenvalue weighted by Crippen LogP contribution is 2.31. The van der Waals surface area contributed by atoms with E-state index in [0.29, 0.717) is 51.8 Å². The highest BCUT2D eigenvalue weighted by molar-refractivity contribution is 7.89. The predicted octanol–water partition coefficient (Wildman–Crippen LogP) is 0.759. The van der Waals surface area contributed by atoms with Crippen molar-refractivity contribution < 1.29 is 26.8 Å². The third kappa shape index (κ3) is 6.73. The molecule has 0 unspecified atom stereocenters. The molecule has 2 aliphatic rings. The van der Waals surface area contributed by atoms with Gasteiger partial charge in [0.1, 0.15) is 0 Å². The average molecular weight is 651 g/mol. The second-order valence-corrected chi connectivity index (χ2v) is 15.4. The summed E-state index contributed by atoms with van der Waals surface area (Å²) in [7, 11) is -4.05. The Bertz CT molecular complexity index is 1630. The largest absolute Gasteiger partial charge is 0.338 e. The number of sulfonamides is 1. The lowest BCUT2D eigenvalue weighted by atomic mass is 10.1. The Morgan fingerprint density at radius 1 is 0.907 bits per heavy atom. The molecule has 1 aromatic carbocycles. The molecule has 0 spiro atoms. The molecule has 4 heterocycles. The quantitative estimate of drug-likeness (QED) is 0.250. The van der Waals surface area contributed by atoms with Crippen LogP contribution in [0.25, 0.3) is 11.1 Å². The van der Waals surface area contributed by atoms with Gasteiger partial charge in [0.25, 0.3) is 16.1 Å². The number of nitrogens with zero attached hydrogens (tertiary/aromatic N) is 7. The van der Waals surface area contributed by atoms with Gasteiger partial charge in [-0.25, -0.2) is 23.9 Å². The van der Waals surface area contributed by atoms with Gasteiger partial charge < -0.3 is 4.90 Å². The van der Waals surface area contributed by atoms with Crippen LogP contribution >= 0.6 is 11.3 Å². The van der Waals surface area contributed by atoms with Gasteiger partial charge in [-0.1, -0.05) is 12.1 Å². The Labute approximate surface area is 255 Å². The number of nitrogens with one attached hydrogen (secondary N) is 1. The third-order valence-corrected chi connectivity index (χ3v) is 12.3. The Balaban J connectivity index is 1.19. The lowest BCUT2D eigenvalue weighted by Gasteiger charge is -2.35. The number of carbonyl (C=O) groups excluding carboxylic acids is 1. The average Bonchev–Trinajstić information content (AvgIpc) is 3.49. The third-order valence-electron chi connectivity index (χ3n) is 7.56. The molecule has 0 aliphatic carbocycles. The number of piperazine rings is 2. The van der Waals surface area contributed by atoms with E-state index in [-0.39, 0.29) is 23.5 Å². The first-order chi connectivity index (χ1) is 20.5. The van der Waals surface area contributed by atoms with E-state index in [4.69, 9.17) is 5.21 Å². The maximum Gasteiger partial charge on any atom is 0.281 e. The molecule has 0 bridgehead atoms. The van der Waals surface area contributed by atoms with Crippen LogP contribution in [0.2, 0.25) is 0 Å². The first kappa shape index (κ1) is 31.4. The van der Waals surface area contributed by atoms with E-state index < -0.39 is 26.1 Å². The zero-order valence-corrected chi connectivity index (χ0v) is 26.3. The molecule has 2 N–H and O–H groups in total. The Morgan fingerprint density at radius 3 is 2.09 bits per heavy atom. The molecule has 0 atom stereocenters. The van der Waals surface area contributed by atoms with E-state index in [0.717, 1.165) is 16.0 Å². The van der Waals surface area contributed by atoms with Gasteiger partial charge in [-0.2, -0.15) is 21.3 Å². The number of anilines is 1. The molecule has 0 radical (unpaired) electrons. The SMILES string of the molecule is CN(C)S(=O)(=O)N1CCN(Cc2sccc2-c2ccc(S(=O)(=O)N3CCN(c4ncc(C(=O)NO)cn4)CC3)cc2)CC1. The van der Waals surface area contributed by atoms with Crippen LogP contribution in [0.5, 0.6) is 0 Å². The molecule has 1 amide bonds. The monoisotopic (exact) mass is 650 g/mol. The van der Waals surface area contributed by atoms with Gasteiger partial charge in [0.05, 0.1) is 10.5 Å². The molecule has 2 aromatic heterocycles. The smallest absolute Gasteiger partial charge is 0.281 e. The Hall–Kier alpha value is -3.03. The fraction of sp³-hybridized carbons (Fsp3) is 0.423. The Kier molecular flexibility index (Phi) is 9.43. The molecular formula is C26H34N8O6S3. The predicted molar refractivity (Wildman–Crippen MR) is 161 cm³/mol. The molecule has 0 saturated carbocycles. The van der Waals surface area contributed by atoms with Crippen molar-refractivity contribution in [2.75, 3.05) is 71.4 Å². The van der Waals surface area contributed by atoms with Gasteiger partial charge in [0.15, 0.2) is 0 Å². The Morgan fingerprint density at radius 2 is 1.51 bits per heavy atom. The number of hydroxylamine groups is 1. The van der Waals surface area contributed by atoms with Crippen LogP contribution in [0.4, 0.5) is 5.95 Å². The summed E-state index contributed by atoms with van der Waals surface area (Å²) in [5.41, 5.74) is 3.60. The van der Waals surface area contributed by atoms with Crippen LogP contribution in [0, 0.1) is 0 Å². The van der Waals surface area contributed by atoms with Crippen LogP contribution in [0.15, 0.2) is 53.0 Å². The number of thiophene rings is 1. The summed E-state index contributed by atoms with van der Waals surface area (Å²) in [5.74, 6) is -0.333. The van der Waals surface area contributed by atoms with Crippen LogP contribution in [0.1, 0.15) is 15.2 Å². The zero-order chi connectivity index (χ0) is 30.8. The summed E-state index contributed by atoms with van der Waals surface area (Å²) >= 11 is 1.63. The number of benzene rings is 1. The van der Waals surface area contributed by atoms with Crippen molar-refractivity contribution >= 4 is 43.4 Å². The lowest BCUT2D eigenvalue weighted by molar-refractivity contribution is 0.0705. The molecule has 2 aliphatic heterocycles. The molecule has 2 saturated heterocycles. The minimum atomic E-state index is -3.71. The van der Waals surface area contributed by atoms with Crippen molar-refractivity contribution in [1.29, 1.82) is 0 Å². The number of hydrogen-bond acceptors (Lipinski definition) is 11. The lowest BCUT2D eigenvalue weighted by Crippen LogP contribution is -2.51. The first-order valence-electron chi connectivity index (χ1n) is 13.6. The van der Waals surface area contributed by atoms with Gasteiger partial charge in [0, 0.05) is 90.3 Å². The number of amides is 1. The molecule has 14 nitrogen and oxygen atoms in total. The van der Waals surface area contributed by atoms with Gasteiger partial charge >= 0.3 is 0 Å². The van der Waals surface area contributed by atoms with Gasteiger partial charge in [-0.15, -0.1) is 11.3 Å². The minimum absolute atomic E-state index is 0.113. The van der Waals surface area contributed by atoms with Crippen molar-refractivity contribution in [1.82, 2.24) is 33.3 Å². The van der Waals surface area contributed by atoms with E-state index in [1.807, 2.05) is 28.5 Å². The topological polar surface area (TPSA) is 160 Å². The second kappa shape index (κ2) is 12.9. The van der Waals surface area contributed by atoms with Gasteiger partial charge in [-0.05, 0) is 34.7 Å². The standard InChI is InChI=1S/C26H34N8O6S3/c1-30(2)43(39,40)34-12-8-31(9-13-34)19-24-23(7-16-41-24)20-3-5-22(6-4-20)42(37,38)33-14-10-32(11-15-33)26-27-17-21(18-28-26)25(35)29-36/h3-7,16-18,36H,8-15,19H2,1-2H3,(H,29,35). The van der Waals surface area contributed by atoms with E-state index in [1.54, 1.807) is 23.5 Å². The molecule has 5 rings (SSSR count). The van der Waals surface area contributed by atoms with Gasteiger partial charge in [0.2, 0.25) is 16.0 Å². The summed E-state index contributed by atoms with van der Waals surface area (Å²) in [5, 5.41) is 10.7. The molecule has 17 heteroatoms. The number of carbonyl (C=O) groups is 1. The number of hydrogen-bond donors (Lipinski definition) is 2. The van der Waals surface area contributed by atoms with Crippen molar-refractivity contribution in [3.63, 3.8) is 0 Å². The van der Waals surface area contributed by atoms with E-state index in [2.05, 4.69) is 14.9 Å². The van der Waals surface area contributed by atoms with Crippen molar-refractivity contribution in [3.8, 4) is 11.1 Å². The molecule has 232 valence electrons. The van der Waals surface area contributed by atoms with E-state index >= 15 is 0 Å². The van der Waals surface area contributed by atoms with Crippen LogP contribution in [-0.2, 0) is 26.8 Å². The van der Waals surface area contributed by atoms with Crippen molar-refractivity contribution in [2.24, 2.45) is 0 Å². The summed E-state index contributed by atoms with van der Waals surface area (Å²) in [6.07, 6.45) is 2.60. The maximum atomic E-state index is 13.4. The second-order valence-electron chi connectivity index (χ2n) is 10.4. The zero-order valence-electron chi connectivity index (χ0n) is 23.8. The molecule has 43 heavy (non-hydrogen) atoms. The molecular weight excluding hydrogens is 617 g/mol. The fourth-order valence-corrected chi connectivity index (χ4v) is 8.47. The highest BCUT2D eigenvalue weighted by atomic mass is 32.2. The fourth-order valence-electron chi connectivity index (χ4n) is 5.02. The number of rotatable bonds is 9. The summed E-state index contributed by atoms with van der Waals surface area (Å²) in [6, 6.07) is 8.96. The molecule has 2 fully saturated rings. The number of aromatic nitrogens is 2. The van der Waals surface area contributed by atoms with Crippen LogP contribution < -0.4 is 10.4 Å². The summed E-state index contributed by atoms with van der Waals surface area (Å²) < 4.78 is 55.8. The highest BCUT2D eigenvalue weighted by Gasteiger charge is 2.31. The van der Waals surface area contributed by atoms with E-state index in [1.165, 1.54) is 44.9 Å². The normalized spacial score (nSPS) is 17.8. The maximum absolute atomic E-state index is 13.4. The summed E-state index contributed by atoms with van der Waals surface area (Å²) in [4.78, 5) is 25.2. The van der Waals surface area contributed by atoms with Crippen LogP contribution in [-0.4, -0.2) is 122 Å². The van der Waals surface area contributed by atoms with Crippen molar-refractivity contribution in [2.45, 2.75) is 11.4 Å². The first-order valence-corrected chi connectivity index (χ1v) is 17.3. The van der Waals surface area contributed by atoms with Crippen molar-refractivity contribution in [3.05, 3.63) is 58.5 Å². The summed E-state index contributed by atoms with van der Waals surface area (Å²) in [6.45, 7) is 4.10. The molecule has 3 aromatic rings. The van der Waals surface area contributed by atoms with E-state index in [9.17, 15) is 21.6 Å². The van der Waals surface area contributed by atoms with Gasteiger partial charge in [-0.3, -0.25) is 14.9 Å². The minimum Gasteiger partial charge on any atom is -0.338 e. The van der Waals surface area contributed by atoms with Crippen LogP contribution in [0.3, 0.4) is 0 Å².